The first kappa shape index (κ1) is 20.9. The number of phenols is 1. The standard InChI is InChI=1S/C18H13ClFNO6S2/c1-27-14-4-2-3-10(16(14)20)12-8-15(28-17(12)19)29(25,26)21-9-5-6-11(18(23)24)13(22)7-9/h2-8,21-22H,1H3,(H,23,24). The van der Waals surface area contributed by atoms with Gasteiger partial charge in [0.05, 0.1) is 12.8 Å². The molecule has 0 aliphatic carbocycles. The molecule has 3 N–H and O–H groups in total. The van der Waals surface area contributed by atoms with Gasteiger partial charge >= 0.3 is 5.97 Å². The number of sulfonamides is 1. The van der Waals surface area contributed by atoms with E-state index in [1.165, 1.54) is 31.4 Å². The SMILES string of the molecule is COc1cccc(-c2cc(S(=O)(=O)Nc3ccc(C(=O)O)c(O)c3)sc2Cl)c1F. The number of methoxy groups -OCH3 is 1. The summed E-state index contributed by atoms with van der Waals surface area (Å²) in [5.41, 5.74) is -0.165. The maximum absolute atomic E-state index is 14.5. The van der Waals surface area contributed by atoms with E-state index in [4.69, 9.17) is 21.4 Å². The van der Waals surface area contributed by atoms with Gasteiger partial charge in [-0.05, 0) is 24.3 Å². The molecule has 0 bridgehead atoms. The molecule has 0 amide bonds. The molecule has 3 rings (SSSR count). The number of nitrogens with one attached hydrogen (secondary N) is 1. The van der Waals surface area contributed by atoms with Gasteiger partial charge in [0.25, 0.3) is 10.0 Å². The van der Waals surface area contributed by atoms with Crippen molar-refractivity contribution >= 4 is 44.6 Å². The minimum Gasteiger partial charge on any atom is -0.507 e. The zero-order chi connectivity index (χ0) is 21.3. The largest absolute Gasteiger partial charge is 0.507 e. The highest BCUT2D eigenvalue weighted by Gasteiger charge is 2.23. The third-order valence-electron chi connectivity index (χ3n) is 3.88. The van der Waals surface area contributed by atoms with Crippen molar-refractivity contribution in [1.82, 2.24) is 0 Å². The summed E-state index contributed by atoms with van der Waals surface area (Å²) in [6.45, 7) is 0. The highest BCUT2D eigenvalue weighted by atomic mass is 35.5. The number of ether oxygens (including phenoxy) is 1. The van der Waals surface area contributed by atoms with Crippen LogP contribution in [0.25, 0.3) is 11.1 Å². The first-order valence-electron chi connectivity index (χ1n) is 7.85. The van der Waals surface area contributed by atoms with Crippen molar-refractivity contribution in [2.24, 2.45) is 0 Å². The van der Waals surface area contributed by atoms with E-state index in [1.54, 1.807) is 6.07 Å². The second kappa shape index (κ2) is 7.90. The Morgan fingerprint density at radius 2 is 1.93 bits per heavy atom. The van der Waals surface area contributed by atoms with Gasteiger partial charge in [0.15, 0.2) is 11.6 Å². The Kier molecular flexibility index (Phi) is 5.69. The van der Waals surface area contributed by atoms with E-state index in [-0.39, 0.29) is 36.7 Å². The van der Waals surface area contributed by atoms with Crippen LogP contribution in [0.3, 0.4) is 0 Å². The average molecular weight is 458 g/mol. The molecule has 1 aromatic heterocycles. The van der Waals surface area contributed by atoms with Crippen LogP contribution in [-0.2, 0) is 10.0 Å². The molecule has 0 atom stereocenters. The van der Waals surface area contributed by atoms with Crippen molar-refractivity contribution < 1.29 is 32.6 Å². The van der Waals surface area contributed by atoms with Gasteiger partial charge in [-0.15, -0.1) is 11.3 Å². The summed E-state index contributed by atoms with van der Waals surface area (Å²) in [5.74, 6) is -2.64. The summed E-state index contributed by atoms with van der Waals surface area (Å²) in [5, 5.41) is 18.6. The van der Waals surface area contributed by atoms with Crippen molar-refractivity contribution in [2.45, 2.75) is 4.21 Å². The maximum atomic E-state index is 14.5. The van der Waals surface area contributed by atoms with E-state index in [9.17, 15) is 22.7 Å². The number of aromatic hydroxyl groups is 1. The number of carbonyl (C=O) groups is 1. The Labute approximate surface area is 174 Å². The Morgan fingerprint density at radius 1 is 1.21 bits per heavy atom. The summed E-state index contributed by atoms with van der Waals surface area (Å²) in [6, 6.07) is 8.86. The average Bonchev–Trinajstić information content (AvgIpc) is 3.04. The number of halogens is 2. The summed E-state index contributed by atoms with van der Waals surface area (Å²) < 4.78 is 46.9. The number of benzene rings is 2. The van der Waals surface area contributed by atoms with Crippen LogP contribution in [0, 0.1) is 5.82 Å². The van der Waals surface area contributed by atoms with E-state index in [0.717, 1.165) is 23.5 Å². The fourth-order valence-electron chi connectivity index (χ4n) is 2.52. The van der Waals surface area contributed by atoms with Gasteiger partial charge in [-0.1, -0.05) is 23.7 Å². The van der Waals surface area contributed by atoms with Crippen LogP contribution in [0.2, 0.25) is 4.34 Å². The van der Waals surface area contributed by atoms with E-state index >= 15 is 0 Å². The molecule has 2 aromatic carbocycles. The zero-order valence-corrected chi connectivity index (χ0v) is 17.0. The minimum absolute atomic E-state index is 0.0127. The molecule has 0 spiro atoms. The summed E-state index contributed by atoms with van der Waals surface area (Å²) in [6.07, 6.45) is 0. The van der Waals surface area contributed by atoms with Crippen LogP contribution in [0.15, 0.2) is 46.7 Å². The first-order chi connectivity index (χ1) is 13.6. The van der Waals surface area contributed by atoms with Gasteiger partial charge in [-0.3, -0.25) is 4.72 Å². The number of carboxylic acids is 1. The number of hydrogen-bond donors (Lipinski definition) is 3. The molecule has 7 nitrogen and oxygen atoms in total. The molecule has 11 heteroatoms. The number of rotatable bonds is 6. The van der Waals surface area contributed by atoms with Gasteiger partial charge in [0.2, 0.25) is 0 Å². The first-order valence-corrected chi connectivity index (χ1v) is 10.5. The lowest BCUT2D eigenvalue weighted by molar-refractivity contribution is 0.0694. The molecular weight excluding hydrogens is 445 g/mol. The molecule has 0 saturated carbocycles. The van der Waals surface area contributed by atoms with E-state index in [1.807, 2.05) is 0 Å². The third-order valence-corrected chi connectivity index (χ3v) is 7.10. The normalized spacial score (nSPS) is 11.3. The van der Waals surface area contributed by atoms with Gasteiger partial charge in [0, 0.05) is 17.2 Å². The van der Waals surface area contributed by atoms with E-state index in [2.05, 4.69) is 4.72 Å². The van der Waals surface area contributed by atoms with Crippen LogP contribution in [-0.4, -0.2) is 31.7 Å². The van der Waals surface area contributed by atoms with Crippen LogP contribution in [0.4, 0.5) is 10.1 Å². The van der Waals surface area contributed by atoms with Gasteiger partial charge in [-0.2, -0.15) is 0 Å². The van der Waals surface area contributed by atoms with Crippen molar-refractivity contribution in [3.63, 3.8) is 0 Å². The quantitative estimate of drug-likeness (QED) is 0.505. The highest BCUT2D eigenvalue weighted by Crippen LogP contribution is 2.41. The van der Waals surface area contributed by atoms with Gasteiger partial charge in [-0.25, -0.2) is 17.6 Å². The smallest absolute Gasteiger partial charge is 0.339 e. The Bertz CT molecular complexity index is 1210. The lowest BCUT2D eigenvalue weighted by Gasteiger charge is -2.08. The predicted octanol–water partition coefficient (Wildman–Crippen LogP) is 4.42. The number of thiophene rings is 1. The monoisotopic (exact) mass is 457 g/mol. The number of aromatic carboxylic acids is 1. The number of anilines is 1. The van der Waals surface area contributed by atoms with Crippen LogP contribution in [0.1, 0.15) is 10.4 Å². The fraction of sp³-hybridized carbons (Fsp3) is 0.0556. The highest BCUT2D eigenvalue weighted by molar-refractivity contribution is 7.94. The van der Waals surface area contributed by atoms with E-state index < -0.39 is 27.6 Å². The molecule has 29 heavy (non-hydrogen) atoms. The summed E-state index contributed by atoms with van der Waals surface area (Å²) in [7, 11) is -2.82. The Balaban J connectivity index is 1.96. The maximum Gasteiger partial charge on any atom is 0.339 e. The number of hydrogen-bond acceptors (Lipinski definition) is 6. The predicted molar refractivity (Wildman–Crippen MR) is 107 cm³/mol. The van der Waals surface area contributed by atoms with E-state index in [0.29, 0.717) is 0 Å². The lowest BCUT2D eigenvalue weighted by atomic mass is 10.1. The fourth-order valence-corrected chi connectivity index (χ4v) is 5.32. The molecule has 1 heterocycles. The second-order valence-corrected chi connectivity index (χ2v) is 9.28. The molecule has 0 aliphatic rings. The Hall–Kier alpha value is -2.82. The minimum atomic E-state index is -4.13. The molecular formula is C18H13ClFNO6S2. The lowest BCUT2D eigenvalue weighted by Crippen LogP contribution is -2.11. The molecule has 0 radical (unpaired) electrons. The topological polar surface area (TPSA) is 113 Å². The van der Waals surface area contributed by atoms with Gasteiger partial charge < -0.3 is 14.9 Å². The molecule has 152 valence electrons. The summed E-state index contributed by atoms with van der Waals surface area (Å²) >= 11 is 6.87. The molecule has 0 saturated heterocycles. The molecule has 0 fully saturated rings. The molecule has 0 unspecified atom stereocenters. The van der Waals surface area contributed by atoms with Crippen molar-refractivity contribution in [3.8, 4) is 22.6 Å². The zero-order valence-electron chi connectivity index (χ0n) is 14.6. The van der Waals surface area contributed by atoms with Crippen LogP contribution in [0.5, 0.6) is 11.5 Å². The van der Waals surface area contributed by atoms with Crippen LogP contribution < -0.4 is 9.46 Å². The van der Waals surface area contributed by atoms with Gasteiger partial charge in [0.1, 0.15) is 19.9 Å². The number of carboxylic acid groups (broad SMARTS) is 1. The Morgan fingerprint density at radius 3 is 2.55 bits per heavy atom. The van der Waals surface area contributed by atoms with Crippen LogP contribution >= 0.6 is 22.9 Å². The van der Waals surface area contributed by atoms with Crippen molar-refractivity contribution in [3.05, 3.63) is 58.2 Å². The van der Waals surface area contributed by atoms with Crippen molar-refractivity contribution in [2.75, 3.05) is 11.8 Å². The third kappa shape index (κ3) is 4.14. The molecule has 3 aromatic rings. The molecule has 0 aliphatic heterocycles. The van der Waals surface area contributed by atoms with Crippen molar-refractivity contribution in [1.29, 1.82) is 0 Å². The summed E-state index contributed by atoms with van der Waals surface area (Å²) in [4.78, 5) is 10.9. The second-order valence-electron chi connectivity index (χ2n) is 5.72.